The van der Waals surface area contributed by atoms with Crippen molar-refractivity contribution in [1.29, 1.82) is 0 Å². The highest BCUT2D eigenvalue weighted by Gasteiger charge is 2.30. The highest BCUT2D eigenvalue weighted by molar-refractivity contribution is 5.98. The number of carbonyl (C=O) groups is 3. The highest BCUT2D eigenvalue weighted by atomic mass is 16.5. The third-order valence-corrected chi connectivity index (χ3v) is 2.68. The molecule has 0 N–H and O–H groups in total. The van der Waals surface area contributed by atoms with E-state index in [2.05, 4.69) is 0 Å². The molecule has 17 heavy (non-hydrogen) atoms. The van der Waals surface area contributed by atoms with Crippen LogP contribution < -0.4 is 0 Å². The fourth-order valence-electron chi connectivity index (χ4n) is 1.73. The van der Waals surface area contributed by atoms with E-state index in [-0.39, 0.29) is 30.8 Å². The van der Waals surface area contributed by atoms with E-state index in [9.17, 15) is 14.4 Å². The predicted octanol–water partition coefficient (Wildman–Crippen LogP) is 1.53. The van der Waals surface area contributed by atoms with E-state index in [4.69, 9.17) is 4.74 Å². The largest absolute Gasteiger partial charge is 0.450 e. The first-order valence-corrected chi connectivity index (χ1v) is 5.47. The first-order valence-electron chi connectivity index (χ1n) is 5.47. The molecule has 4 heteroatoms. The molecule has 1 aliphatic carbocycles. The molecule has 0 spiro atoms. The van der Waals surface area contributed by atoms with Crippen LogP contribution in [0.1, 0.15) is 29.6 Å². The monoisotopic (exact) mass is 232 g/mol. The van der Waals surface area contributed by atoms with Crippen LogP contribution in [0.15, 0.2) is 30.3 Å². The van der Waals surface area contributed by atoms with Gasteiger partial charge in [0.05, 0.1) is 12.0 Å². The van der Waals surface area contributed by atoms with Gasteiger partial charge in [-0.25, -0.2) is 4.79 Å². The zero-order valence-electron chi connectivity index (χ0n) is 9.22. The van der Waals surface area contributed by atoms with Crippen LogP contribution in [0.2, 0.25) is 0 Å². The molecule has 1 saturated carbocycles. The number of hydrogen-bond acceptors (Lipinski definition) is 4. The summed E-state index contributed by atoms with van der Waals surface area (Å²) in [5, 5.41) is 0. The standard InChI is InChI=1S/C13H12O4/c14-10-6-7-11(15)12(8-10)17-13(16)9-4-2-1-3-5-9/h1-5,12H,6-8H2. The second kappa shape index (κ2) is 4.91. The summed E-state index contributed by atoms with van der Waals surface area (Å²) in [7, 11) is 0. The zero-order chi connectivity index (χ0) is 12.3. The third kappa shape index (κ3) is 2.78. The molecule has 88 valence electrons. The minimum absolute atomic E-state index is 0.0113. The first-order chi connectivity index (χ1) is 8.16. The number of ether oxygens (including phenoxy) is 1. The van der Waals surface area contributed by atoms with Crippen molar-refractivity contribution in [3.8, 4) is 0 Å². The Balaban J connectivity index is 2.03. The van der Waals surface area contributed by atoms with Gasteiger partial charge in [0, 0.05) is 12.8 Å². The summed E-state index contributed by atoms with van der Waals surface area (Å²) >= 11 is 0. The van der Waals surface area contributed by atoms with Gasteiger partial charge in [-0.15, -0.1) is 0 Å². The number of ketones is 2. The van der Waals surface area contributed by atoms with Gasteiger partial charge >= 0.3 is 5.97 Å². The lowest BCUT2D eigenvalue weighted by Gasteiger charge is -2.19. The molecule has 1 fully saturated rings. The quantitative estimate of drug-likeness (QED) is 0.725. The van der Waals surface area contributed by atoms with Gasteiger partial charge < -0.3 is 4.74 Å². The molecule has 0 bridgehead atoms. The molecule has 0 saturated heterocycles. The molecule has 1 aromatic rings. The molecule has 0 heterocycles. The van der Waals surface area contributed by atoms with Crippen LogP contribution in [0, 0.1) is 0 Å². The van der Waals surface area contributed by atoms with Crippen molar-refractivity contribution in [2.75, 3.05) is 0 Å². The van der Waals surface area contributed by atoms with Crippen LogP contribution in [0.4, 0.5) is 0 Å². The summed E-state index contributed by atoms with van der Waals surface area (Å²) in [6.45, 7) is 0. The van der Waals surface area contributed by atoms with Gasteiger partial charge in [-0.3, -0.25) is 9.59 Å². The summed E-state index contributed by atoms with van der Waals surface area (Å²) in [6.07, 6.45) is -0.453. The molecule has 1 atom stereocenters. The first kappa shape index (κ1) is 11.5. The SMILES string of the molecule is O=C1CCC(=O)C(OC(=O)c2ccccc2)C1. The molecule has 2 rings (SSSR count). The maximum atomic E-state index is 11.7. The van der Waals surface area contributed by atoms with E-state index in [0.717, 1.165) is 0 Å². The summed E-state index contributed by atoms with van der Waals surface area (Å²) in [5.41, 5.74) is 0.387. The minimum Gasteiger partial charge on any atom is -0.450 e. The van der Waals surface area contributed by atoms with Crippen LogP contribution in [-0.4, -0.2) is 23.6 Å². The number of carbonyl (C=O) groups excluding carboxylic acids is 3. The highest BCUT2D eigenvalue weighted by Crippen LogP contribution is 2.16. The summed E-state index contributed by atoms with van der Waals surface area (Å²) < 4.78 is 5.05. The van der Waals surface area contributed by atoms with E-state index < -0.39 is 12.1 Å². The van der Waals surface area contributed by atoms with E-state index >= 15 is 0 Å². The summed E-state index contributed by atoms with van der Waals surface area (Å²) in [5.74, 6) is -0.761. The summed E-state index contributed by atoms with van der Waals surface area (Å²) in [4.78, 5) is 34.4. The molecular weight excluding hydrogens is 220 g/mol. The lowest BCUT2D eigenvalue weighted by atomic mass is 9.95. The normalized spacial score (nSPS) is 20.1. The van der Waals surface area contributed by atoms with Gasteiger partial charge in [-0.2, -0.15) is 0 Å². The van der Waals surface area contributed by atoms with Crippen molar-refractivity contribution in [1.82, 2.24) is 0 Å². The minimum atomic E-state index is -0.899. The van der Waals surface area contributed by atoms with Crippen molar-refractivity contribution >= 4 is 17.5 Å². The van der Waals surface area contributed by atoms with E-state index in [0.29, 0.717) is 5.56 Å². The van der Waals surface area contributed by atoms with Crippen LogP contribution in [0.25, 0.3) is 0 Å². The fourth-order valence-corrected chi connectivity index (χ4v) is 1.73. The fraction of sp³-hybridized carbons (Fsp3) is 0.308. The molecule has 0 amide bonds. The zero-order valence-corrected chi connectivity index (χ0v) is 9.22. The lowest BCUT2D eigenvalue weighted by molar-refractivity contribution is -0.137. The number of Topliss-reactive ketones (excluding diaryl/α,β-unsaturated/α-hetero) is 2. The Morgan fingerprint density at radius 3 is 2.53 bits per heavy atom. The number of rotatable bonds is 2. The van der Waals surface area contributed by atoms with Gasteiger partial charge in [-0.1, -0.05) is 18.2 Å². The second-order valence-corrected chi connectivity index (χ2v) is 3.97. The van der Waals surface area contributed by atoms with Crippen LogP contribution >= 0.6 is 0 Å². The Labute approximate surface area is 98.6 Å². The molecule has 4 nitrogen and oxygen atoms in total. The number of esters is 1. The van der Waals surface area contributed by atoms with Gasteiger partial charge in [0.15, 0.2) is 11.9 Å². The Kier molecular flexibility index (Phi) is 3.32. The van der Waals surface area contributed by atoms with Gasteiger partial charge in [0.25, 0.3) is 0 Å². The molecular formula is C13H12O4. The molecule has 0 aliphatic heterocycles. The van der Waals surface area contributed by atoms with Gasteiger partial charge in [0.2, 0.25) is 0 Å². The average Bonchev–Trinajstić information content (AvgIpc) is 2.35. The number of hydrogen-bond donors (Lipinski definition) is 0. The molecule has 1 aromatic carbocycles. The topological polar surface area (TPSA) is 60.4 Å². The van der Waals surface area contributed by atoms with Crippen LogP contribution in [0.5, 0.6) is 0 Å². The Bertz CT molecular complexity index is 450. The van der Waals surface area contributed by atoms with Crippen molar-refractivity contribution in [2.45, 2.75) is 25.4 Å². The predicted molar refractivity (Wildman–Crippen MR) is 59.5 cm³/mol. The lowest BCUT2D eigenvalue weighted by Crippen LogP contribution is -2.34. The number of benzene rings is 1. The maximum absolute atomic E-state index is 11.7. The van der Waals surface area contributed by atoms with Crippen LogP contribution in [-0.2, 0) is 14.3 Å². The average molecular weight is 232 g/mol. The van der Waals surface area contributed by atoms with Gasteiger partial charge in [-0.05, 0) is 12.1 Å². The molecule has 0 aromatic heterocycles. The van der Waals surface area contributed by atoms with Gasteiger partial charge in [0.1, 0.15) is 5.78 Å². The van der Waals surface area contributed by atoms with Crippen molar-refractivity contribution in [3.05, 3.63) is 35.9 Å². The van der Waals surface area contributed by atoms with Crippen molar-refractivity contribution < 1.29 is 19.1 Å². The Morgan fingerprint density at radius 1 is 1.12 bits per heavy atom. The van der Waals surface area contributed by atoms with E-state index in [1.54, 1.807) is 30.3 Å². The van der Waals surface area contributed by atoms with E-state index in [1.165, 1.54) is 0 Å². The Hall–Kier alpha value is -1.97. The van der Waals surface area contributed by atoms with Crippen molar-refractivity contribution in [3.63, 3.8) is 0 Å². The van der Waals surface area contributed by atoms with Crippen molar-refractivity contribution in [2.24, 2.45) is 0 Å². The maximum Gasteiger partial charge on any atom is 0.338 e. The molecule has 1 aliphatic rings. The molecule has 0 radical (unpaired) electrons. The Morgan fingerprint density at radius 2 is 1.82 bits per heavy atom. The third-order valence-electron chi connectivity index (χ3n) is 2.68. The smallest absolute Gasteiger partial charge is 0.338 e. The molecule has 1 unspecified atom stereocenters. The van der Waals surface area contributed by atoms with E-state index in [1.807, 2.05) is 0 Å². The summed E-state index contributed by atoms with van der Waals surface area (Å²) in [6, 6.07) is 8.43. The second-order valence-electron chi connectivity index (χ2n) is 3.97. The van der Waals surface area contributed by atoms with Crippen LogP contribution in [0.3, 0.4) is 0 Å².